The molecule has 2 aromatic carbocycles. The van der Waals surface area contributed by atoms with Crippen LogP contribution in [0.1, 0.15) is 35.2 Å². The van der Waals surface area contributed by atoms with Crippen molar-refractivity contribution in [3.05, 3.63) is 59.4 Å². The number of amides is 1. The van der Waals surface area contributed by atoms with Crippen LogP contribution < -0.4 is 5.32 Å². The van der Waals surface area contributed by atoms with Crippen LogP contribution in [0.2, 0.25) is 0 Å². The van der Waals surface area contributed by atoms with Crippen LogP contribution in [0.25, 0.3) is 0 Å². The second kappa shape index (κ2) is 8.52. The van der Waals surface area contributed by atoms with Crippen molar-refractivity contribution in [2.45, 2.75) is 30.2 Å². The zero-order chi connectivity index (χ0) is 21.2. The average Bonchev–Trinajstić information content (AvgIpc) is 3.19. The van der Waals surface area contributed by atoms with Gasteiger partial charge in [0, 0.05) is 23.8 Å². The topological polar surface area (TPSA) is 86.7 Å². The van der Waals surface area contributed by atoms with Crippen LogP contribution in [0.15, 0.2) is 47.4 Å². The van der Waals surface area contributed by atoms with Gasteiger partial charge < -0.3 is 10.4 Å². The number of nitrogens with one attached hydrogen (secondary N) is 1. The van der Waals surface area contributed by atoms with Crippen molar-refractivity contribution >= 4 is 21.6 Å². The number of carbonyl (C=O) groups is 1. The van der Waals surface area contributed by atoms with Crippen LogP contribution in [0, 0.1) is 5.82 Å². The summed E-state index contributed by atoms with van der Waals surface area (Å²) in [4.78, 5) is 12.3. The Morgan fingerprint density at radius 1 is 1.24 bits per heavy atom. The van der Waals surface area contributed by atoms with Crippen molar-refractivity contribution in [1.29, 1.82) is 0 Å². The molecule has 1 aliphatic heterocycles. The van der Waals surface area contributed by atoms with Gasteiger partial charge >= 0.3 is 0 Å². The number of aliphatic hydroxyl groups excluding tert-OH is 1. The number of anilines is 1. The van der Waals surface area contributed by atoms with Crippen LogP contribution in [-0.4, -0.2) is 42.9 Å². The molecule has 1 fully saturated rings. The first-order valence-electron chi connectivity index (χ1n) is 8.85. The number of sulfonamides is 1. The van der Waals surface area contributed by atoms with Gasteiger partial charge in [0.2, 0.25) is 10.0 Å². The van der Waals surface area contributed by atoms with E-state index in [4.69, 9.17) is 0 Å². The fraction of sp³-hybridized carbons (Fsp3) is 0.316. The zero-order valence-electron chi connectivity index (χ0n) is 15.2. The quantitative estimate of drug-likeness (QED) is 0.740. The van der Waals surface area contributed by atoms with Gasteiger partial charge in [-0.25, -0.2) is 21.6 Å². The Labute approximate surface area is 166 Å². The van der Waals surface area contributed by atoms with E-state index in [1.54, 1.807) is 0 Å². The van der Waals surface area contributed by atoms with Gasteiger partial charge in [-0.15, -0.1) is 0 Å². The summed E-state index contributed by atoms with van der Waals surface area (Å²) in [5.41, 5.74) is -0.892. The first-order chi connectivity index (χ1) is 13.7. The minimum atomic E-state index is -3.91. The number of benzene rings is 2. The van der Waals surface area contributed by atoms with Crippen LogP contribution in [0.3, 0.4) is 0 Å². The minimum absolute atomic E-state index is 0.00579. The van der Waals surface area contributed by atoms with Gasteiger partial charge in [-0.1, -0.05) is 6.07 Å². The molecule has 0 bridgehead atoms. The molecule has 0 spiro atoms. The van der Waals surface area contributed by atoms with E-state index in [2.05, 4.69) is 5.32 Å². The predicted molar refractivity (Wildman–Crippen MR) is 99.8 cm³/mol. The Hall–Kier alpha value is -2.43. The molecule has 29 heavy (non-hydrogen) atoms. The summed E-state index contributed by atoms with van der Waals surface area (Å²) in [6, 6.07) is 7.55. The zero-order valence-corrected chi connectivity index (χ0v) is 16.0. The third-order valence-corrected chi connectivity index (χ3v) is 6.67. The highest BCUT2D eigenvalue weighted by molar-refractivity contribution is 7.89. The predicted octanol–water partition coefficient (Wildman–Crippen LogP) is 3.16. The number of alkyl halides is 2. The maximum absolute atomic E-state index is 13.4. The number of nitrogens with zero attached hydrogens (tertiary/aromatic N) is 1. The van der Waals surface area contributed by atoms with E-state index < -0.39 is 39.8 Å². The Kier molecular flexibility index (Phi) is 6.25. The second-order valence-electron chi connectivity index (χ2n) is 6.61. The van der Waals surface area contributed by atoms with E-state index in [0.29, 0.717) is 12.8 Å². The van der Waals surface area contributed by atoms with E-state index in [1.165, 1.54) is 28.6 Å². The summed E-state index contributed by atoms with van der Waals surface area (Å²) in [5, 5.41) is 11.7. The molecular formula is C19H19F3N2O4S. The van der Waals surface area contributed by atoms with E-state index >= 15 is 0 Å². The Balaban J connectivity index is 1.84. The van der Waals surface area contributed by atoms with E-state index in [-0.39, 0.29) is 29.3 Å². The molecule has 2 aromatic rings. The highest BCUT2D eigenvalue weighted by Crippen LogP contribution is 2.27. The van der Waals surface area contributed by atoms with Crippen LogP contribution in [-0.2, 0) is 10.0 Å². The fourth-order valence-corrected chi connectivity index (χ4v) is 4.96. The normalized spacial score (nSPS) is 17.6. The van der Waals surface area contributed by atoms with Crippen molar-refractivity contribution in [2.75, 3.05) is 18.5 Å². The lowest BCUT2D eigenvalue weighted by Gasteiger charge is -2.22. The third-order valence-electron chi connectivity index (χ3n) is 4.73. The molecule has 2 N–H and O–H groups in total. The van der Waals surface area contributed by atoms with Crippen molar-refractivity contribution in [3.63, 3.8) is 0 Å². The highest BCUT2D eigenvalue weighted by atomic mass is 32.2. The monoisotopic (exact) mass is 428 g/mol. The molecule has 10 heteroatoms. The first kappa shape index (κ1) is 21.3. The Morgan fingerprint density at radius 2 is 2.00 bits per heavy atom. The molecule has 1 atom stereocenters. The van der Waals surface area contributed by atoms with Gasteiger partial charge in [-0.2, -0.15) is 4.31 Å². The van der Waals surface area contributed by atoms with Crippen molar-refractivity contribution in [1.82, 2.24) is 4.31 Å². The van der Waals surface area contributed by atoms with Crippen molar-refractivity contribution < 1.29 is 31.5 Å². The summed E-state index contributed by atoms with van der Waals surface area (Å²) < 4.78 is 65.9. The summed E-state index contributed by atoms with van der Waals surface area (Å²) in [5.74, 6) is -1.82. The standard InChI is InChI=1S/C19H19F3N2O4S/c20-17-7-6-13(10-16(17)18(21)22)23-19(26)12-3-1-5-15(9-12)29(27,28)24-8-2-4-14(24)11-25/h1,3,5-7,9-10,14,18,25H,2,4,8,11H2,(H,23,26). The van der Waals surface area contributed by atoms with Crippen molar-refractivity contribution in [2.24, 2.45) is 0 Å². The lowest BCUT2D eigenvalue weighted by Crippen LogP contribution is -2.37. The SMILES string of the molecule is O=C(Nc1ccc(F)c(C(F)F)c1)c1cccc(S(=O)(=O)N2CCCC2CO)c1. The Bertz CT molecular complexity index is 1010. The maximum Gasteiger partial charge on any atom is 0.266 e. The minimum Gasteiger partial charge on any atom is -0.395 e. The smallest absolute Gasteiger partial charge is 0.266 e. The van der Waals surface area contributed by atoms with Crippen LogP contribution >= 0.6 is 0 Å². The van der Waals surface area contributed by atoms with Gasteiger partial charge in [0.1, 0.15) is 5.82 Å². The Morgan fingerprint density at radius 3 is 2.69 bits per heavy atom. The average molecular weight is 428 g/mol. The molecule has 1 saturated heterocycles. The molecule has 3 rings (SSSR count). The fourth-order valence-electron chi connectivity index (χ4n) is 3.23. The van der Waals surface area contributed by atoms with Gasteiger partial charge in [-0.05, 0) is 49.2 Å². The van der Waals surface area contributed by atoms with Gasteiger partial charge in [0.05, 0.1) is 17.1 Å². The molecule has 0 aromatic heterocycles. The molecule has 1 amide bonds. The van der Waals surface area contributed by atoms with Crippen LogP contribution in [0.5, 0.6) is 0 Å². The van der Waals surface area contributed by atoms with Gasteiger partial charge in [0.25, 0.3) is 12.3 Å². The number of carbonyl (C=O) groups excluding carboxylic acids is 1. The molecule has 1 unspecified atom stereocenters. The summed E-state index contributed by atoms with van der Waals surface area (Å²) in [7, 11) is -3.91. The molecule has 0 radical (unpaired) electrons. The molecule has 156 valence electrons. The third kappa shape index (κ3) is 4.44. The number of rotatable bonds is 6. The lowest BCUT2D eigenvalue weighted by atomic mass is 10.1. The highest BCUT2D eigenvalue weighted by Gasteiger charge is 2.35. The lowest BCUT2D eigenvalue weighted by molar-refractivity contribution is 0.102. The maximum atomic E-state index is 13.4. The number of aliphatic hydroxyl groups is 1. The van der Waals surface area contributed by atoms with Gasteiger partial charge in [-0.3, -0.25) is 4.79 Å². The second-order valence-corrected chi connectivity index (χ2v) is 8.50. The number of hydrogen-bond acceptors (Lipinski definition) is 4. The molecular weight excluding hydrogens is 409 g/mol. The summed E-state index contributed by atoms with van der Waals surface area (Å²) in [6.45, 7) is -0.0214. The van der Waals surface area contributed by atoms with E-state index in [0.717, 1.165) is 18.2 Å². The van der Waals surface area contributed by atoms with Gasteiger partial charge in [0.15, 0.2) is 0 Å². The van der Waals surface area contributed by atoms with E-state index in [9.17, 15) is 31.5 Å². The van der Waals surface area contributed by atoms with E-state index in [1.807, 2.05) is 0 Å². The number of hydrogen-bond donors (Lipinski definition) is 2. The molecule has 0 saturated carbocycles. The first-order valence-corrected chi connectivity index (χ1v) is 10.3. The van der Waals surface area contributed by atoms with Crippen LogP contribution in [0.4, 0.5) is 18.9 Å². The number of halogens is 3. The van der Waals surface area contributed by atoms with Crippen molar-refractivity contribution in [3.8, 4) is 0 Å². The largest absolute Gasteiger partial charge is 0.395 e. The molecule has 6 nitrogen and oxygen atoms in total. The summed E-state index contributed by atoms with van der Waals surface area (Å²) >= 11 is 0. The molecule has 0 aliphatic carbocycles. The molecule has 1 aliphatic rings. The summed E-state index contributed by atoms with van der Waals surface area (Å²) in [6.07, 6.45) is -1.87. The molecule has 1 heterocycles.